The molecule has 1 aliphatic rings. The molecule has 0 aromatic carbocycles. The van der Waals surface area contributed by atoms with Crippen molar-refractivity contribution in [2.45, 2.75) is 246 Å². The van der Waals surface area contributed by atoms with Gasteiger partial charge in [-0.1, -0.05) is 0 Å². The number of hydrogen-bond donors (Lipinski definition) is 0. The van der Waals surface area contributed by atoms with Gasteiger partial charge in [0.25, 0.3) is 0 Å². The molecule has 12 heteroatoms. The summed E-state index contributed by atoms with van der Waals surface area (Å²) in [7, 11) is 14.4. The Kier molecular flexibility index (Phi) is 33.8. The summed E-state index contributed by atoms with van der Waals surface area (Å²) in [4.78, 5) is 10.9. The summed E-state index contributed by atoms with van der Waals surface area (Å²) in [5, 5.41) is 0. The van der Waals surface area contributed by atoms with Gasteiger partial charge in [0.2, 0.25) is 0 Å². The van der Waals surface area contributed by atoms with Gasteiger partial charge in [0.1, 0.15) is 0 Å². The van der Waals surface area contributed by atoms with E-state index in [0.717, 1.165) is 69.1 Å². The standard InChI is InChI=1S/2C4H10O2.8C4H9.2ClH.2O.4Sn/c2*1-4(2,3)6-5;8*1-3-4-2;;;;;;;;/h2*5H,1-3H3;8*1,3-4H2,2H3;2*1H;;;;;;/q;;;;;;;;;;;;;;;;2*+2/p-4. The molecule has 0 aliphatic carbocycles. The number of rotatable bonds is 28. The number of hydrogen-bond acceptors (Lipinski definition) is 6. The minimum absolute atomic E-state index is 0.149. The van der Waals surface area contributed by atoms with Crippen LogP contribution in [0.2, 0.25) is 35.5 Å². The SMILES string of the molecule is CCC[CH2][Sn+]([CH2]CCC)[O]OC(C)(C)C.CCC[CH2][Sn+]([CH2]CCC)[O]OC(C)(C)C.CCC[CH2][Sn-]1([Cl])([CH2]CCC)[O][Sn-]([Cl])([CH2]CCC)([CH2]CCC)[O]1. The summed E-state index contributed by atoms with van der Waals surface area (Å²) in [5.74, 6) is 0. The van der Waals surface area contributed by atoms with E-state index >= 15 is 0 Å². The zero-order chi connectivity index (χ0) is 40.3. The molecule has 1 fully saturated rings. The van der Waals surface area contributed by atoms with Crippen LogP contribution in [0.15, 0.2) is 0 Å². The normalized spacial score (nSPS) is 18.5. The van der Waals surface area contributed by atoms with Gasteiger partial charge in [0.15, 0.2) is 0 Å². The summed E-state index contributed by atoms with van der Waals surface area (Å²) in [6.45, 7) is 30.1. The van der Waals surface area contributed by atoms with E-state index in [1.54, 1.807) is 0 Å². The summed E-state index contributed by atoms with van der Waals surface area (Å²) < 4.78 is 34.2. The van der Waals surface area contributed by atoms with Gasteiger partial charge in [0.05, 0.1) is 0 Å². The van der Waals surface area contributed by atoms with Crippen molar-refractivity contribution in [1.29, 1.82) is 0 Å². The van der Waals surface area contributed by atoms with Crippen molar-refractivity contribution in [1.82, 2.24) is 0 Å². The fourth-order valence-electron chi connectivity index (χ4n) is 5.99. The maximum absolute atomic E-state index is 7.19. The van der Waals surface area contributed by atoms with Gasteiger partial charge in [-0.25, -0.2) is 0 Å². The van der Waals surface area contributed by atoms with Crippen molar-refractivity contribution >= 4 is 91.6 Å². The molecule has 0 spiro atoms. The third-order valence-corrected chi connectivity index (χ3v) is 94.6. The van der Waals surface area contributed by atoms with Crippen LogP contribution < -0.4 is 0 Å². The average Bonchev–Trinajstić information content (AvgIpc) is 3.07. The van der Waals surface area contributed by atoms with Crippen molar-refractivity contribution in [3.8, 4) is 0 Å². The molecule has 316 valence electrons. The third-order valence-electron chi connectivity index (χ3n) is 8.98. The van der Waals surface area contributed by atoms with Crippen LogP contribution in [-0.2, 0) is 19.0 Å². The zero-order valence-electron chi connectivity index (χ0n) is 37.2. The first-order chi connectivity index (χ1) is 24.2. The van der Waals surface area contributed by atoms with E-state index in [9.17, 15) is 0 Å². The zero-order valence-corrected chi connectivity index (χ0v) is 50.1. The Morgan fingerprint density at radius 3 is 0.788 bits per heavy atom. The second-order valence-corrected chi connectivity index (χ2v) is 71.4. The monoisotopic (exact) mass is 1220 g/mol. The third kappa shape index (κ3) is 28.9. The molecule has 52 heavy (non-hydrogen) atoms. The molecule has 0 N–H and O–H groups in total. The van der Waals surface area contributed by atoms with E-state index in [0.29, 0.717) is 0 Å². The molecule has 1 rings (SSSR count). The van der Waals surface area contributed by atoms with Gasteiger partial charge in [-0.15, -0.1) is 0 Å². The van der Waals surface area contributed by atoms with Crippen LogP contribution in [0.4, 0.5) is 0 Å². The van der Waals surface area contributed by atoms with E-state index < -0.39 is 73.7 Å². The van der Waals surface area contributed by atoms with Gasteiger partial charge in [0, 0.05) is 0 Å². The van der Waals surface area contributed by atoms with E-state index in [2.05, 4.69) is 55.4 Å². The van der Waals surface area contributed by atoms with Crippen LogP contribution in [0, 0.1) is 0 Å². The van der Waals surface area contributed by atoms with E-state index in [1.807, 2.05) is 41.5 Å². The van der Waals surface area contributed by atoms with Gasteiger partial charge in [-0.2, -0.15) is 0 Å². The summed E-state index contributed by atoms with van der Waals surface area (Å²) in [6.07, 6.45) is 19.4. The van der Waals surface area contributed by atoms with E-state index in [4.69, 9.17) is 36.9 Å². The summed E-state index contributed by atoms with van der Waals surface area (Å²) >= 11 is -11.2. The Hall–Kier alpha value is 3.53. The van der Waals surface area contributed by atoms with Gasteiger partial charge >= 0.3 is 357 Å². The average molecular weight is 1210 g/mol. The van der Waals surface area contributed by atoms with Gasteiger partial charge in [-0.3, -0.25) is 0 Å². The molecule has 0 radical (unpaired) electrons. The van der Waals surface area contributed by atoms with Gasteiger partial charge < -0.3 is 0 Å². The van der Waals surface area contributed by atoms with Crippen LogP contribution >= 0.6 is 17.8 Å². The maximum atomic E-state index is 7.19. The van der Waals surface area contributed by atoms with Crippen molar-refractivity contribution in [2.75, 3.05) is 0 Å². The molecule has 0 bridgehead atoms. The Labute approximate surface area is 352 Å². The number of halogens is 2. The molecule has 1 heterocycles. The predicted octanol–water partition coefficient (Wildman–Crippen LogP) is 16.1. The van der Waals surface area contributed by atoms with Crippen LogP contribution in [-0.4, -0.2) is 84.9 Å². The molecule has 0 unspecified atom stereocenters. The second-order valence-electron chi connectivity index (χ2n) is 17.3. The van der Waals surface area contributed by atoms with E-state index in [-0.39, 0.29) is 11.2 Å². The molecule has 0 amide bonds. The predicted molar refractivity (Wildman–Crippen MR) is 238 cm³/mol. The molecule has 0 aromatic heterocycles. The molecule has 0 aromatic rings. The van der Waals surface area contributed by atoms with Gasteiger partial charge in [-0.05, 0) is 0 Å². The van der Waals surface area contributed by atoms with Crippen molar-refractivity contribution in [3.05, 3.63) is 0 Å². The fraction of sp³-hybridized carbons (Fsp3) is 1.00. The van der Waals surface area contributed by atoms with Crippen LogP contribution in [0.25, 0.3) is 0 Å². The molecule has 0 atom stereocenters. The number of unbranched alkanes of at least 4 members (excludes halogenated alkanes) is 8. The van der Waals surface area contributed by atoms with Crippen LogP contribution in [0.1, 0.15) is 200 Å². The van der Waals surface area contributed by atoms with Crippen molar-refractivity contribution in [2.24, 2.45) is 0 Å². The van der Waals surface area contributed by atoms with E-state index in [1.165, 1.54) is 69.1 Å². The minimum atomic E-state index is -3.94. The van der Waals surface area contributed by atoms with Crippen LogP contribution in [0.3, 0.4) is 0 Å². The quantitative estimate of drug-likeness (QED) is 0.0442. The molecule has 1 saturated heterocycles. The molecule has 0 saturated carbocycles. The Morgan fingerprint density at radius 1 is 0.404 bits per heavy atom. The molecule has 6 nitrogen and oxygen atoms in total. The second kappa shape index (κ2) is 30.5. The van der Waals surface area contributed by atoms with Crippen molar-refractivity contribution in [3.63, 3.8) is 0 Å². The topological polar surface area (TPSA) is 55.4 Å². The first-order valence-corrected chi connectivity index (χ1v) is 52.2. The Balaban J connectivity index is 0. The fourth-order valence-corrected chi connectivity index (χ4v) is 133. The molecule has 1 aliphatic heterocycles. The summed E-state index contributed by atoms with van der Waals surface area (Å²) in [6, 6.07) is 0. The Morgan fingerprint density at radius 2 is 0.615 bits per heavy atom. The van der Waals surface area contributed by atoms with Crippen molar-refractivity contribution < 1.29 is 19.0 Å². The first kappa shape index (κ1) is 57.6. The van der Waals surface area contributed by atoms with Crippen LogP contribution in [0.5, 0.6) is 0 Å². The molecular formula is C40H90Cl2O6Sn4. The first-order valence-electron chi connectivity index (χ1n) is 21.8. The summed E-state index contributed by atoms with van der Waals surface area (Å²) in [5.41, 5.74) is -0.297. The Bertz CT molecular complexity index is 747. The molecular weight excluding hydrogens is 1120 g/mol.